The number of halogens is 1. The van der Waals surface area contributed by atoms with Crippen LogP contribution in [0.1, 0.15) is 38.3 Å². The van der Waals surface area contributed by atoms with Crippen molar-refractivity contribution in [3.63, 3.8) is 0 Å². The van der Waals surface area contributed by atoms with E-state index in [-0.39, 0.29) is 18.2 Å². The first-order chi connectivity index (χ1) is 15.4. The van der Waals surface area contributed by atoms with Gasteiger partial charge < -0.3 is 19.8 Å². The Balaban J connectivity index is 1.27. The molecular formula is C23H24ClN5O2S. The molecule has 1 aliphatic carbocycles. The SMILES string of the molecule is CC1(C)O[C@@H]2[C@@H](CCc3ccc4sc(N)nc4c3)C[C@@H](n3ccc4c(Cl)ncnc43)[C@@H]2O1. The maximum absolute atomic E-state index is 6.39. The Morgan fingerprint density at radius 1 is 1.22 bits per heavy atom. The van der Waals surface area contributed by atoms with Gasteiger partial charge in [0.15, 0.2) is 10.9 Å². The van der Waals surface area contributed by atoms with Crippen LogP contribution in [0.3, 0.4) is 0 Å². The Kier molecular flexibility index (Phi) is 4.69. The van der Waals surface area contributed by atoms with E-state index in [1.165, 1.54) is 23.2 Å². The molecule has 4 aromatic rings. The van der Waals surface area contributed by atoms with Gasteiger partial charge in [-0.25, -0.2) is 15.0 Å². The quantitative estimate of drug-likeness (QED) is 0.423. The van der Waals surface area contributed by atoms with E-state index in [1.54, 1.807) is 0 Å². The number of nitrogens with zero attached hydrogens (tertiary/aromatic N) is 4. The van der Waals surface area contributed by atoms with E-state index < -0.39 is 5.79 Å². The van der Waals surface area contributed by atoms with Crippen LogP contribution >= 0.6 is 22.9 Å². The molecule has 4 atom stereocenters. The lowest BCUT2D eigenvalue weighted by Crippen LogP contribution is -2.27. The summed E-state index contributed by atoms with van der Waals surface area (Å²) in [6.45, 7) is 3.99. The second kappa shape index (κ2) is 7.38. The average molecular weight is 470 g/mol. The monoisotopic (exact) mass is 469 g/mol. The molecule has 0 amide bonds. The van der Waals surface area contributed by atoms with Crippen molar-refractivity contribution in [1.29, 1.82) is 0 Å². The predicted molar refractivity (Wildman–Crippen MR) is 126 cm³/mol. The molecule has 1 aliphatic heterocycles. The first kappa shape index (κ1) is 20.4. The highest BCUT2D eigenvalue weighted by molar-refractivity contribution is 7.22. The lowest BCUT2D eigenvalue weighted by molar-refractivity contribution is -0.160. The van der Waals surface area contributed by atoms with E-state index in [1.807, 2.05) is 26.1 Å². The molecule has 32 heavy (non-hydrogen) atoms. The molecule has 2 aliphatic rings. The van der Waals surface area contributed by atoms with Gasteiger partial charge in [-0.2, -0.15) is 0 Å². The van der Waals surface area contributed by atoms with Crippen molar-refractivity contribution >= 4 is 49.3 Å². The number of nitrogen functional groups attached to an aromatic ring is 1. The Morgan fingerprint density at radius 2 is 2.06 bits per heavy atom. The van der Waals surface area contributed by atoms with E-state index in [0.717, 1.165) is 40.5 Å². The Hall–Kier alpha value is -2.26. The third kappa shape index (κ3) is 3.37. The maximum Gasteiger partial charge on any atom is 0.181 e. The van der Waals surface area contributed by atoms with Crippen molar-refractivity contribution in [1.82, 2.24) is 19.5 Å². The number of thiazole rings is 1. The van der Waals surface area contributed by atoms with Gasteiger partial charge in [0.1, 0.15) is 23.2 Å². The number of ether oxygens (including phenoxy) is 2. The molecular weight excluding hydrogens is 446 g/mol. The zero-order chi connectivity index (χ0) is 22.0. The van der Waals surface area contributed by atoms with Crippen LogP contribution in [0.15, 0.2) is 36.8 Å². The number of nitrogens with two attached hydrogens (primary N) is 1. The molecule has 0 spiro atoms. The number of anilines is 1. The summed E-state index contributed by atoms with van der Waals surface area (Å²) in [6, 6.07) is 8.57. The molecule has 2 N–H and O–H groups in total. The third-order valence-electron chi connectivity index (χ3n) is 6.64. The molecule has 0 radical (unpaired) electrons. The van der Waals surface area contributed by atoms with Crippen molar-refractivity contribution in [2.45, 2.75) is 57.1 Å². The molecule has 4 heterocycles. The van der Waals surface area contributed by atoms with Gasteiger partial charge in [-0.05, 0) is 62.8 Å². The highest BCUT2D eigenvalue weighted by Crippen LogP contribution is 2.49. The number of benzene rings is 1. The number of fused-ring (bicyclic) bond motifs is 3. The molecule has 0 bridgehead atoms. The van der Waals surface area contributed by atoms with Gasteiger partial charge in [0, 0.05) is 6.20 Å². The van der Waals surface area contributed by atoms with Gasteiger partial charge in [-0.3, -0.25) is 0 Å². The lowest BCUT2D eigenvalue weighted by atomic mass is 9.96. The topological polar surface area (TPSA) is 88.1 Å². The van der Waals surface area contributed by atoms with Crippen molar-refractivity contribution in [3.8, 4) is 0 Å². The van der Waals surface area contributed by atoms with E-state index in [4.69, 9.17) is 26.8 Å². The van der Waals surface area contributed by atoms with Gasteiger partial charge in [0.25, 0.3) is 0 Å². The molecule has 6 rings (SSSR count). The first-order valence-corrected chi connectivity index (χ1v) is 12.0. The molecule has 3 aromatic heterocycles. The zero-order valence-electron chi connectivity index (χ0n) is 17.9. The van der Waals surface area contributed by atoms with Crippen LogP contribution in [-0.2, 0) is 15.9 Å². The van der Waals surface area contributed by atoms with Crippen molar-refractivity contribution in [3.05, 3.63) is 47.5 Å². The first-order valence-electron chi connectivity index (χ1n) is 10.9. The largest absolute Gasteiger partial charge is 0.375 e. The maximum atomic E-state index is 6.39. The summed E-state index contributed by atoms with van der Waals surface area (Å²) in [5, 5.41) is 1.95. The second-order valence-corrected chi connectivity index (χ2v) is 10.6. The van der Waals surface area contributed by atoms with Gasteiger partial charge in [-0.1, -0.05) is 29.0 Å². The van der Waals surface area contributed by atoms with Gasteiger partial charge in [0.05, 0.1) is 27.7 Å². The standard InChI is InChI=1S/C23H24ClN5O2S/c1-23(2)30-18-13(5-3-12-4-6-17-15(9-12)28-22(25)32-17)10-16(19(18)31-23)29-8-7-14-20(24)26-11-27-21(14)29/h4,6-9,11,13,16,18-19H,3,5,10H2,1-2H3,(H2,25,28)/t13-,16+,18+,19-/m0/s1. The predicted octanol–water partition coefficient (Wildman–Crippen LogP) is 4.99. The fourth-order valence-electron chi connectivity index (χ4n) is 5.32. The van der Waals surface area contributed by atoms with Crippen LogP contribution in [0, 0.1) is 5.92 Å². The lowest BCUT2D eigenvalue weighted by Gasteiger charge is -2.24. The summed E-state index contributed by atoms with van der Waals surface area (Å²) in [7, 11) is 0. The van der Waals surface area contributed by atoms with Gasteiger partial charge in [-0.15, -0.1) is 0 Å². The van der Waals surface area contributed by atoms with Crippen LogP contribution in [0.2, 0.25) is 5.15 Å². The van der Waals surface area contributed by atoms with E-state index in [2.05, 4.69) is 37.7 Å². The Bertz CT molecular complexity index is 1320. The zero-order valence-corrected chi connectivity index (χ0v) is 19.4. The van der Waals surface area contributed by atoms with Crippen molar-refractivity contribution < 1.29 is 9.47 Å². The van der Waals surface area contributed by atoms with Crippen LogP contribution in [0.5, 0.6) is 0 Å². The average Bonchev–Trinajstić information content (AvgIpc) is 3.47. The highest BCUT2D eigenvalue weighted by Gasteiger charge is 2.54. The fraction of sp³-hybridized carbons (Fsp3) is 0.435. The minimum absolute atomic E-state index is 0.0276. The van der Waals surface area contributed by atoms with Crippen LogP contribution in [-0.4, -0.2) is 37.5 Å². The van der Waals surface area contributed by atoms with Crippen molar-refractivity contribution in [2.75, 3.05) is 5.73 Å². The summed E-state index contributed by atoms with van der Waals surface area (Å²) in [4.78, 5) is 13.0. The summed E-state index contributed by atoms with van der Waals surface area (Å²) in [5.74, 6) is -0.225. The molecule has 1 aromatic carbocycles. The normalized spacial score (nSPS) is 26.8. The van der Waals surface area contributed by atoms with E-state index in [0.29, 0.717) is 16.2 Å². The van der Waals surface area contributed by atoms with E-state index >= 15 is 0 Å². The summed E-state index contributed by atoms with van der Waals surface area (Å²) < 4.78 is 16.1. The van der Waals surface area contributed by atoms with Crippen LogP contribution < -0.4 is 5.73 Å². The van der Waals surface area contributed by atoms with Gasteiger partial charge >= 0.3 is 0 Å². The molecule has 2 fully saturated rings. The number of aromatic nitrogens is 4. The molecule has 1 saturated heterocycles. The van der Waals surface area contributed by atoms with Gasteiger partial charge in [0.2, 0.25) is 0 Å². The Labute approximate surface area is 194 Å². The smallest absolute Gasteiger partial charge is 0.181 e. The minimum Gasteiger partial charge on any atom is -0.375 e. The molecule has 166 valence electrons. The molecule has 1 saturated carbocycles. The summed E-state index contributed by atoms with van der Waals surface area (Å²) in [6.07, 6.45) is 6.51. The number of rotatable bonds is 4. The summed E-state index contributed by atoms with van der Waals surface area (Å²) >= 11 is 7.82. The van der Waals surface area contributed by atoms with Crippen LogP contribution in [0.25, 0.3) is 21.3 Å². The second-order valence-electron chi connectivity index (χ2n) is 9.15. The minimum atomic E-state index is -0.598. The summed E-state index contributed by atoms with van der Waals surface area (Å²) in [5.41, 5.74) is 8.95. The number of hydrogen-bond donors (Lipinski definition) is 1. The van der Waals surface area contributed by atoms with Crippen LogP contribution in [0.4, 0.5) is 5.13 Å². The molecule has 0 unspecified atom stereocenters. The number of aryl methyl sites for hydroxylation is 1. The highest BCUT2D eigenvalue weighted by atomic mass is 35.5. The van der Waals surface area contributed by atoms with E-state index in [9.17, 15) is 0 Å². The molecule has 7 nitrogen and oxygen atoms in total. The van der Waals surface area contributed by atoms with Crippen molar-refractivity contribution in [2.24, 2.45) is 5.92 Å². The molecule has 9 heteroatoms. The third-order valence-corrected chi connectivity index (χ3v) is 7.81. The Morgan fingerprint density at radius 3 is 2.94 bits per heavy atom. The number of hydrogen-bond acceptors (Lipinski definition) is 7. The fourth-order valence-corrected chi connectivity index (χ4v) is 6.22.